The summed E-state index contributed by atoms with van der Waals surface area (Å²) in [5, 5.41) is 5.07. The van der Waals surface area contributed by atoms with Crippen LogP contribution >= 0.6 is 11.6 Å². The number of nitrogens with one attached hydrogen (secondary N) is 2. The number of piperidine rings is 1. The Morgan fingerprint density at radius 1 is 1.19 bits per heavy atom. The van der Waals surface area contributed by atoms with Crippen LogP contribution in [-0.2, 0) is 6.18 Å². The van der Waals surface area contributed by atoms with E-state index in [-0.39, 0.29) is 22.4 Å². The molecule has 0 aliphatic carbocycles. The Morgan fingerprint density at radius 3 is 2.57 bits per heavy atom. The molecule has 0 unspecified atom stereocenters. The topological polar surface area (TPSA) is 79.4 Å². The molecule has 1 saturated heterocycles. The minimum Gasteiger partial charge on any atom is -0.480 e. The van der Waals surface area contributed by atoms with Crippen LogP contribution in [0.1, 0.15) is 45.8 Å². The minimum atomic E-state index is -4.71. The highest BCUT2D eigenvalue weighted by Crippen LogP contribution is 2.39. The highest BCUT2D eigenvalue weighted by atomic mass is 35.5. The summed E-state index contributed by atoms with van der Waals surface area (Å²) in [5.74, 6) is -0.292. The summed E-state index contributed by atoms with van der Waals surface area (Å²) in [5.41, 5.74) is 1.48. The molecule has 0 saturated carbocycles. The Morgan fingerprint density at radius 2 is 1.92 bits per heavy atom. The molecule has 2 N–H and O–H groups in total. The normalized spacial score (nSPS) is 14.9. The van der Waals surface area contributed by atoms with Crippen LogP contribution in [0.15, 0.2) is 42.6 Å². The predicted octanol–water partition coefficient (Wildman–Crippen LogP) is 6.27. The lowest BCUT2D eigenvalue weighted by Gasteiger charge is -2.30. The first-order chi connectivity index (χ1) is 17.6. The molecule has 3 aromatic rings. The van der Waals surface area contributed by atoms with Gasteiger partial charge in [0, 0.05) is 11.9 Å². The molecule has 196 valence electrons. The first-order valence-corrected chi connectivity index (χ1v) is 12.1. The Kier molecular flexibility index (Phi) is 7.89. The number of aryl methyl sites for hydroxylation is 1. The molecule has 0 radical (unpaired) electrons. The van der Waals surface area contributed by atoms with E-state index in [9.17, 15) is 18.0 Å². The number of rotatable bonds is 6. The molecule has 1 amide bonds. The van der Waals surface area contributed by atoms with Crippen molar-refractivity contribution >= 4 is 34.8 Å². The number of alkyl halides is 3. The van der Waals surface area contributed by atoms with Gasteiger partial charge in [-0.1, -0.05) is 23.7 Å². The fourth-order valence-electron chi connectivity index (χ4n) is 4.47. The maximum atomic E-state index is 13.4. The average molecular weight is 534 g/mol. The van der Waals surface area contributed by atoms with Gasteiger partial charge in [-0.2, -0.15) is 18.2 Å². The summed E-state index contributed by atoms with van der Waals surface area (Å²) < 4.78 is 45.4. The third kappa shape index (κ3) is 6.14. The number of hydrogen-bond acceptors (Lipinski definition) is 6. The summed E-state index contributed by atoms with van der Waals surface area (Å²) in [6.45, 7) is 4.22. The molecular weight excluding hydrogens is 507 g/mol. The zero-order valence-corrected chi connectivity index (χ0v) is 21.4. The number of aromatic nitrogens is 2. The Hall–Kier alpha value is -3.37. The highest BCUT2D eigenvalue weighted by Gasteiger charge is 2.35. The van der Waals surface area contributed by atoms with Crippen LogP contribution in [0.2, 0.25) is 5.02 Å². The van der Waals surface area contributed by atoms with E-state index in [1.807, 2.05) is 12.1 Å². The predicted molar refractivity (Wildman–Crippen MR) is 137 cm³/mol. The van der Waals surface area contributed by atoms with Crippen molar-refractivity contribution in [2.45, 2.75) is 31.9 Å². The summed E-state index contributed by atoms with van der Waals surface area (Å²) in [4.78, 5) is 23.6. The number of ether oxygens (including phenoxy) is 1. The fraction of sp³-hybridized carbons (Fsp3) is 0.346. The van der Waals surface area contributed by atoms with Crippen LogP contribution < -0.4 is 15.4 Å². The highest BCUT2D eigenvalue weighted by molar-refractivity contribution is 6.34. The first-order valence-electron chi connectivity index (χ1n) is 11.7. The van der Waals surface area contributed by atoms with E-state index < -0.39 is 23.3 Å². The number of hydrogen-bond donors (Lipinski definition) is 2. The van der Waals surface area contributed by atoms with Crippen molar-refractivity contribution in [2.24, 2.45) is 0 Å². The molecule has 0 spiro atoms. The number of halogens is 4. The number of benzene rings is 2. The van der Waals surface area contributed by atoms with Crippen LogP contribution in [0.25, 0.3) is 0 Å². The number of likely N-dealkylation sites (tertiary alicyclic amines) is 1. The quantitative estimate of drug-likeness (QED) is 0.389. The van der Waals surface area contributed by atoms with Gasteiger partial charge in [-0.25, -0.2) is 4.98 Å². The lowest BCUT2D eigenvalue weighted by atomic mass is 9.87. The van der Waals surface area contributed by atoms with E-state index in [0.29, 0.717) is 5.92 Å². The lowest BCUT2D eigenvalue weighted by molar-refractivity contribution is -0.136. The van der Waals surface area contributed by atoms with Crippen molar-refractivity contribution in [3.63, 3.8) is 0 Å². The second-order valence-electron chi connectivity index (χ2n) is 9.00. The van der Waals surface area contributed by atoms with Gasteiger partial charge >= 0.3 is 6.18 Å². The lowest BCUT2D eigenvalue weighted by Crippen LogP contribution is -2.29. The number of para-hydroxylation sites is 1. The first kappa shape index (κ1) is 26.7. The molecule has 1 aliphatic rings. The molecule has 0 atom stereocenters. The van der Waals surface area contributed by atoms with Crippen LogP contribution in [0, 0.1) is 6.92 Å². The fourth-order valence-corrected chi connectivity index (χ4v) is 4.69. The number of carbonyl (C=O) groups excluding carboxylic acids is 1. The maximum absolute atomic E-state index is 13.4. The molecule has 37 heavy (non-hydrogen) atoms. The van der Waals surface area contributed by atoms with Gasteiger partial charge in [0.2, 0.25) is 11.8 Å². The third-order valence-electron chi connectivity index (χ3n) is 6.43. The monoisotopic (exact) mass is 533 g/mol. The van der Waals surface area contributed by atoms with Gasteiger partial charge in [0.15, 0.2) is 0 Å². The van der Waals surface area contributed by atoms with Crippen LogP contribution in [0.3, 0.4) is 0 Å². The summed E-state index contributed by atoms with van der Waals surface area (Å²) in [6, 6.07) is 9.32. The van der Waals surface area contributed by atoms with E-state index in [0.717, 1.165) is 49.3 Å². The zero-order chi connectivity index (χ0) is 26.7. The van der Waals surface area contributed by atoms with Gasteiger partial charge in [0.25, 0.3) is 5.91 Å². The molecule has 2 aromatic carbocycles. The van der Waals surface area contributed by atoms with Gasteiger partial charge in [0.05, 0.1) is 23.4 Å². The van der Waals surface area contributed by atoms with E-state index >= 15 is 0 Å². The standard InChI is InChI=1S/C26H27ClF3N5O2/c1-15-13-17(7-8-18(15)16-9-11-35(2)12-10-16)32-25-31-14-19(24(34-25)37-3)23(36)33-22-20(26(28,29)30)5-4-6-21(22)27/h4-8,13-14,16H,9-12H2,1-3H3,(H,33,36)(H,31,32,34). The number of nitrogens with zero attached hydrogens (tertiary/aromatic N) is 3. The van der Waals surface area contributed by atoms with Crippen molar-refractivity contribution in [1.29, 1.82) is 0 Å². The number of anilines is 3. The molecule has 4 rings (SSSR count). The van der Waals surface area contributed by atoms with Gasteiger partial charge in [-0.3, -0.25) is 4.79 Å². The minimum absolute atomic E-state index is 0.102. The smallest absolute Gasteiger partial charge is 0.418 e. The molecule has 2 heterocycles. The summed E-state index contributed by atoms with van der Waals surface area (Å²) in [7, 11) is 3.44. The Balaban J connectivity index is 1.52. The summed E-state index contributed by atoms with van der Waals surface area (Å²) in [6.07, 6.45) is -1.28. The molecule has 1 aliphatic heterocycles. The molecule has 0 bridgehead atoms. The Labute approximate surface area is 218 Å². The molecule has 1 fully saturated rings. The second kappa shape index (κ2) is 10.9. The van der Waals surface area contributed by atoms with E-state index in [4.69, 9.17) is 16.3 Å². The molecule has 1 aromatic heterocycles. The van der Waals surface area contributed by atoms with Gasteiger partial charge in [-0.05, 0) is 81.2 Å². The van der Waals surface area contributed by atoms with Gasteiger partial charge in [-0.15, -0.1) is 0 Å². The van der Waals surface area contributed by atoms with E-state index in [2.05, 4.69) is 45.5 Å². The average Bonchev–Trinajstić information content (AvgIpc) is 2.85. The van der Waals surface area contributed by atoms with Gasteiger partial charge in [0.1, 0.15) is 5.56 Å². The van der Waals surface area contributed by atoms with Crippen molar-refractivity contribution in [3.05, 3.63) is 69.9 Å². The SMILES string of the molecule is COc1nc(Nc2ccc(C3CCN(C)CC3)c(C)c2)ncc1C(=O)Nc1c(Cl)cccc1C(F)(F)F. The second-order valence-corrected chi connectivity index (χ2v) is 9.41. The maximum Gasteiger partial charge on any atom is 0.418 e. The van der Waals surface area contributed by atoms with E-state index in [1.54, 1.807) is 0 Å². The molecule has 11 heteroatoms. The number of carbonyl (C=O) groups is 1. The molecule has 7 nitrogen and oxygen atoms in total. The van der Waals surface area contributed by atoms with Crippen LogP contribution in [0.4, 0.5) is 30.5 Å². The third-order valence-corrected chi connectivity index (χ3v) is 6.75. The zero-order valence-electron chi connectivity index (χ0n) is 20.6. The number of methoxy groups -OCH3 is 1. The van der Waals surface area contributed by atoms with E-state index in [1.165, 1.54) is 24.9 Å². The van der Waals surface area contributed by atoms with Crippen molar-refractivity contribution in [1.82, 2.24) is 14.9 Å². The molecular formula is C26H27ClF3N5O2. The van der Waals surface area contributed by atoms with Crippen molar-refractivity contribution in [3.8, 4) is 5.88 Å². The Bertz CT molecular complexity index is 1290. The summed E-state index contributed by atoms with van der Waals surface area (Å²) >= 11 is 5.95. The van der Waals surface area contributed by atoms with Crippen molar-refractivity contribution in [2.75, 3.05) is 37.9 Å². The largest absolute Gasteiger partial charge is 0.480 e. The van der Waals surface area contributed by atoms with Crippen LogP contribution in [0.5, 0.6) is 5.88 Å². The van der Waals surface area contributed by atoms with Crippen LogP contribution in [-0.4, -0.2) is 48.0 Å². The van der Waals surface area contributed by atoms with Gasteiger partial charge < -0.3 is 20.3 Å². The number of amides is 1. The van der Waals surface area contributed by atoms with Crippen molar-refractivity contribution < 1.29 is 22.7 Å².